The Bertz CT molecular complexity index is 766. The van der Waals surface area contributed by atoms with Gasteiger partial charge in [-0.2, -0.15) is 0 Å². The summed E-state index contributed by atoms with van der Waals surface area (Å²) in [7, 11) is 0. The van der Waals surface area contributed by atoms with Crippen LogP contribution >= 0.6 is 0 Å². The van der Waals surface area contributed by atoms with Gasteiger partial charge in [0.25, 0.3) is 0 Å². The minimum absolute atomic E-state index is 0.207. The highest BCUT2D eigenvalue weighted by atomic mass is 16.3. The van der Waals surface area contributed by atoms with E-state index in [1.165, 1.54) is 0 Å². The molecule has 0 unspecified atom stereocenters. The fourth-order valence-electron chi connectivity index (χ4n) is 2.30. The van der Waals surface area contributed by atoms with Crippen LogP contribution in [0.25, 0.3) is 22.0 Å². The summed E-state index contributed by atoms with van der Waals surface area (Å²) < 4.78 is 0. The number of para-hydroxylation sites is 1. The van der Waals surface area contributed by atoms with Crippen LogP contribution in [0, 0.1) is 0 Å². The normalized spacial score (nSPS) is 11.2. The van der Waals surface area contributed by atoms with Gasteiger partial charge in [-0.05, 0) is 24.1 Å². The Hall–Kier alpha value is -2.42. The number of hydrogen-bond acceptors (Lipinski definition) is 3. The maximum atomic E-state index is 10.1. The van der Waals surface area contributed by atoms with Gasteiger partial charge in [0.15, 0.2) is 0 Å². The monoisotopic (exact) mass is 264 g/mol. The standard InChI is InChI=1S/C17H16N2O/c1-11(2)17-16(20)8-14(10-19-17)13-7-12-5-3-4-6-15(12)18-9-13/h3-11,20H,1-2H3. The molecule has 0 bridgehead atoms. The van der Waals surface area contributed by atoms with Gasteiger partial charge in [0.05, 0.1) is 11.2 Å². The summed E-state index contributed by atoms with van der Waals surface area (Å²) in [5.41, 5.74) is 3.53. The van der Waals surface area contributed by atoms with Gasteiger partial charge in [0, 0.05) is 28.9 Å². The van der Waals surface area contributed by atoms with Crippen molar-refractivity contribution < 1.29 is 5.11 Å². The molecule has 0 spiro atoms. The smallest absolute Gasteiger partial charge is 0.137 e. The molecule has 2 heterocycles. The van der Waals surface area contributed by atoms with Crippen molar-refractivity contribution in [2.45, 2.75) is 19.8 Å². The number of hydrogen-bond donors (Lipinski definition) is 1. The van der Waals surface area contributed by atoms with Gasteiger partial charge < -0.3 is 5.11 Å². The van der Waals surface area contributed by atoms with E-state index in [-0.39, 0.29) is 11.7 Å². The van der Waals surface area contributed by atoms with Crippen LogP contribution in [0.15, 0.2) is 48.8 Å². The molecule has 0 saturated heterocycles. The molecular weight excluding hydrogens is 248 g/mol. The van der Waals surface area contributed by atoms with E-state index in [9.17, 15) is 5.11 Å². The van der Waals surface area contributed by atoms with E-state index in [0.29, 0.717) is 0 Å². The van der Waals surface area contributed by atoms with Crippen LogP contribution in [0.2, 0.25) is 0 Å². The Morgan fingerprint density at radius 3 is 2.40 bits per heavy atom. The molecular formula is C17H16N2O. The number of fused-ring (bicyclic) bond motifs is 1. The third-order valence-corrected chi connectivity index (χ3v) is 3.37. The van der Waals surface area contributed by atoms with Crippen molar-refractivity contribution in [3.63, 3.8) is 0 Å². The zero-order chi connectivity index (χ0) is 14.1. The van der Waals surface area contributed by atoms with E-state index >= 15 is 0 Å². The number of rotatable bonds is 2. The molecule has 100 valence electrons. The van der Waals surface area contributed by atoms with Crippen molar-refractivity contribution in [1.82, 2.24) is 9.97 Å². The largest absolute Gasteiger partial charge is 0.506 e. The van der Waals surface area contributed by atoms with Crippen molar-refractivity contribution in [2.24, 2.45) is 0 Å². The van der Waals surface area contributed by atoms with Gasteiger partial charge in [0.1, 0.15) is 5.75 Å². The molecule has 1 aromatic carbocycles. The van der Waals surface area contributed by atoms with Crippen molar-refractivity contribution in [2.75, 3.05) is 0 Å². The maximum Gasteiger partial charge on any atom is 0.137 e. The first kappa shape index (κ1) is 12.6. The lowest BCUT2D eigenvalue weighted by Gasteiger charge is -2.09. The lowest BCUT2D eigenvalue weighted by atomic mass is 10.0. The summed E-state index contributed by atoms with van der Waals surface area (Å²) >= 11 is 0. The Morgan fingerprint density at radius 1 is 0.950 bits per heavy atom. The molecule has 1 N–H and O–H groups in total. The van der Waals surface area contributed by atoms with Crippen molar-refractivity contribution in [3.05, 3.63) is 54.5 Å². The number of nitrogens with zero attached hydrogens (tertiary/aromatic N) is 2. The van der Waals surface area contributed by atoms with Gasteiger partial charge in [-0.3, -0.25) is 9.97 Å². The molecule has 0 aliphatic rings. The summed E-state index contributed by atoms with van der Waals surface area (Å²) in [5, 5.41) is 11.1. The molecule has 0 aliphatic heterocycles. The predicted molar refractivity (Wildman–Crippen MR) is 80.7 cm³/mol. The maximum absolute atomic E-state index is 10.1. The molecule has 3 heteroatoms. The number of benzene rings is 1. The van der Waals surface area contributed by atoms with E-state index in [4.69, 9.17) is 0 Å². The predicted octanol–water partition coefficient (Wildman–Crippen LogP) is 4.13. The SMILES string of the molecule is CC(C)c1ncc(-c2cnc3ccccc3c2)cc1O. The van der Waals surface area contributed by atoms with Gasteiger partial charge in [-0.25, -0.2) is 0 Å². The average Bonchev–Trinajstić information content (AvgIpc) is 2.46. The highest BCUT2D eigenvalue weighted by Crippen LogP contribution is 2.29. The molecule has 0 amide bonds. The van der Waals surface area contributed by atoms with Gasteiger partial charge in [-0.15, -0.1) is 0 Å². The third kappa shape index (κ3) is 2.23. The molecule has 3 aromatic rings. The first-order chi connectivity index (χ1) is 9.65. The molecule has 0 atom stereocenters. The highest BCUT2D eigenvalue weighted by Gasteiger charge is 2.09. The summed E-state index contributed by atoms with van der Waals surface area (Å²) in [6.45, 7) is 4.03. The van der Waals surface area contributed by atoms with Crippen LogP contribution in [0.4, 0.5) is 0 Å². The minimum atomic E-state index is 0.207. The molecule has 0 fully saturated rings. The minimum Gasteiger partial charge on any atom is -0.506 e. The molecule has 3 nitrogen and oxygen atoms in total. The molecule has 0 aliphatic carbocycles. The lowest BCUT2D eigenvalue weighted by molar-refractivity contribution is 0.460. The molecule has 0 saturated carbocycles. The summed E-state index contributed by atoms with van der Waals surface area (Å²) in [5.74, 6) is 0.449. The van der Waals surface area contributed by atoms with E-state index < -0.39 is 0 Å². The molecule has 0 radical (unpaired) electrons. The quantitative estimate of drug-likeness (QED) is 0.757. The Morgan fingerprint density at radius 2 is 1.65 bits per heavy atom. The van der Waals surface area contributed by atoms with Crippen LogP contribution in [0.1, 0.15) is 25.5 Å². The zero-order valence-electron chi connectivity index (χ0n) is 11.5. The number of aromatic nitrogens is 2. The van der Waals surface area contributed by atoms with Crippen LogP contribution < -0.4 is 0 Å². The summed E-state index contributed by atoms with van der Waals surface area (Å²) in [4.78, 5) is 8.79. The second-order valence-electron chi connectivity index (χ2n) is 5.20. The van der Waals surface area contributed by atoms with Gasteiger partial charge in [-0.1, -0.05) is 32.0 Å². The fraction of sp³-hybridized carbons (Fsp3) is 0.176. The Balaban J connectivity index is 2.08. The van der Waals surface area contributed by atoms with Crippen LogP contribution in [-0.4, -0.2) is 15.1 Å². The van der Waals surface area contributed by atoms with E-state index in [1.807, 2.05) is 44.3 Å². The zero-order valence-corrected chi connectivity index (χ0v) is 11.5. The second-order valence-corrected chi connectivity index (χ2v) is 5.20. The van der Waals surface area contributed by atoms with Crippen molar-refractivity contribution in [3.8, 4) is 16.9 Å². The van der Waals surface area contributed by atoms with E-state index in [2.05, 4.69) is 16.0 Å². The first-order valence-electron chi connectivity index (χ1n) is 6.69. The Kier molecular flexibility index (Phi) is 3.11. The van der Waals surface area contributed by atoms with E-state index in [0.717, 1.165) is 27.7 Å². The summed E-state index contributed by atoms with van der Waals surface area (Å²) in [6, 6.07) is 11.8. The first-order valence-corrected chi connectivity index (χ1v) is 6.69. The van der Waals surface area contributed by atoms with Gasteiger partial charge in [0.2, 0.25) is 0 Å². The van der Waals surface area contributed by atoms with E-state index in [1.54, 1.807) is 12.3 Å². The second kappa shape index (κ2) is 4.93. The average molecular weight is 264 g/mol. The van der Waals surface area contributed by atoms with Crippen LogP contribution in [0.3, 0.4) is 0 Å². The Labute approximate surface area is 117 Å². The molecule has 20 heavy (non-hydrogen) atoms. The topological polar surface area (TPSA) is 46.0 Å². The van der Waals surface area contributed by atoms with Gasteiger partial charge >= 0.3 is 0 Å². The molecule has 2 aromatic heterocycles. The molecule has 3 rings (SSSR count). The van der Waals surface area contributed by atoms with Crippen LogP contribution in [0.5, 0.6) is 5.75 Å². The van der Waals surface area contributed by atoms with Crippen LogP contribution in [-0.2, 0) is 0 Å². The lowest BCUT2D eigenvalue weighted by Crippen LogP contribution is -1.93. The van der Waals surface area contributed by atoms with Crippen molar-refractivity contribution in [1.29, 1.82) is 0 Å². The fourth-order valence-corrected chi connectivity index (χ4v) is 2.30. The highest BCUT2D eigenvalue weighted by molar-refractivity contribution is 5.83. The summed E-state index contributed by atoms with van der Waals surface area (Å²) in [6.07, 6.45) is 3.61. The number of aromatic hydroxyl groups is 1. The van der Waals surface area contributed by atoms with Crippen molar-refractivity contribution >= 4 is 10.9 Å². The third-order valence-electron chi connectivity index (χ3n) is 3.37. The number of pyridine rings is 2.